The molecule has 6 nitrogen and oxygen atoms in total. The van der Waals surface area contributed by atoms with Gasteiger partial charge in [-0.1, -0.05) is 12.1 Å². The molecule has 0 aromatic heterocycles. The molecule has 0 saturated carbocycles. The molecule has 2 aromatic carbocycles. The van der Waals surface area contributed by atoms with E-state index in [-0.39, 0.29) is 12.0 Å². The van der Waals surface area contributed by atoms with E-state index in [1.165, 1.54) is 0 Å². The van der Waals surface area contributed by atoms with E-state index in [0.29, 0.717) is 5.69 Å². The number of hydrogen-bond acceptors (Lipinski definition) is 5. The molecule has 0 radical (unpaired) electrons. The molecule has 0 spiro atoms. The number of nitrogens with zero attached hydrogens (tertiary/aromatic N) is 1. The van der Waals surface area contributed by atoms with Crippen molar-refractivity contribution in [1.29, 1.82) is 5.26 Å². The van der Waals surface area contributed by atoms with Crippen LogP contribution in [-0.4, -0.2) is 24.8 Å². The van der Waals surface area contributed by atoms with Crippen LogP contribution in [0.4, 0.5) is 18.9 Å². The van der Waals surface area contributed by atoms with Crippen LogP contribution in [0.5, 0.6) is 5.75 Å². The van der Waals surface area contributed by atoms with Gasteiger partial charge in [-0.25, -0.2) is 4.79 Å². The first-order valence-corrected chi connectivity index (χ1v) is 7.55. The largest absolute Gasteiger partial charge is 0.573 e. The van der Waals surface area contributed by atoms with Gasteiger partial charge in [-0.15, -0.1) is 13.2 Å². The summed E-state index contributed by atoms with van der Waals surface area (Å²) < 4.78 is 44.7. The lowest BCUT2D eigenvalue weighted by Crippen LogP contribution is -2.21. The Labute approximate surface area is 152 Å². The van der Waals surface area contributed by atoms with E-state index in [2.05, 4.69) is 10.1 Å². The number of halogens is 3. The number of carbonyl (C=O) groups excluding carboxylic acids is 2. The van der Waals surface area contributed by atoms with Gasteiger partial charge in [-0.05, 0) is 42.0 Å². The van der Waals surface area contributed by atoms with Crippen LogP contribution in [0.3, 0.4) is 0 Å². The van der Waals surface area contributed by atoms with Crippen LogP contribution in [0, 0.1) is 11.3 Å². The molecule has 140 valence electrons. The third-order valence-electron chi connectivity index (χ3n) is 3.18. The smallest absolute Gasteiger partial charge is 0.452 e. The van der Waals surface area contributed by atoms with Crippen LogP contribution in [0.25, 0.3) is 0 Å². The summed E-state index contributed by atoms with van der Waals surface area (Å²) in [6.07, 6.45) is -4.58. The van der Waals surface area contributed by atoms with Crippen LogP contribution in [0.1, 0.15) is 15.9 Å². The van der Waals surface area contributed by atoms with Crippen molar-refractivity contribution in [2.24, 2.45) is 0 Å². The number of amides is 1. The third-order valence-corrected chi connectivity index (χ3v) is 3.18. The molecule has 1 N–H and O–H groups in total. The average molecular weight is 378 g/mol. The number of carbonyl (C=O) groups is 2. The molecule has 2 aromatic rings. The van der Waals surface area contributed by atoms with Crippen molar-refractivity contribution >= 4 is 17.6 Å². The SMILES string of the molecule is N#CCc1ccc(NC(=O)COC(=O)c2ccc(OC(F)(F)F)cc2)cc1. The summed E-state index contributed by atoms with van der Waals surface area (Å²) in [5, 5.41) is 11.1. The number of anilines is 1. The Morgan fingerprint density at radius 2 is 1.67 bits per heavy atom. The van der Waals surface area contributed by atoms with E-state index in [9.17, 15) is 22.8 Å². The van der Waals surface area contributed by atoms with Crippen LogP contribution in [0.15, 0.2) is 48.5 Å². The van der Waals surface area contributed by atoms with E-state index < -0.39 is 30.6 Å². The lowest BCUT2D eigenvalue weighted by molar-refractivity contribution is -0.274. The Bertz CT molecular complexity index is 841. The number of nitriles is 1. The summed E-state index contributed by atoms with van der Waals surface area (Å²) in [6, 6.07) is 12.7. The van der Waals surface area contributed by atoms with Gasteiger partial charge in [0, 0.05) is 5.69 Å². The fourth-order valence-corrected chi connectivity index (χ4v) is 2.00. The Morgan fingerprint density at radius 1 is 1.04 bits per heavy atom. The zero-order valence-corrected chi connectivity index (χ0v) is 13.7. The third kappa shape index (κ3) is 6.70. The van der Waals surface area contributed by atoms with Gasteiger partial charge in [0.2, 0.25) is 0 Å². The number of ether oxygens (including phenoxy) is 2. The van der Waals surface area contributed by atoms with E-state index in [0.717, 1.165) is 29.8 Å². The number of hydrogen-bond donors (Lipinski definition) is 1. The molecule has 2 rings (SSSR count). The van der Waals surface area contributed by atoms with E-state index >= 15 is 0 Å². The maximum absolute atomic E-state index is 12.1. The Balaban J connectivity index is 1.84. The molecule has 27 heavy (non-hydrogen) atoms. The van der Waals surface area contributed by atoms with Gasteiger partial charge in [-0.2, -0.15) is 5.26 Å². The zero-order chi connectivity index (χ0) is 19.9. The van der Waals surface area contributed by atoms with Gasteiger partial charge in [0.15, 0.2) is 6.61 Å². The molecule has 0 aliphatic carbocycles. The lowest BCUT2D eigenvalue weighted by atomic mass is 10.1. The number of alkyl halides is 3. The summed E-state index contributed by atoms with van der Waals surface area (Å²) in [7, 11) is 0. The Morgan fingerprint density at radius 3 is 2.22 bits per heavy atom. The molecule has 0 atom stereocenters. The van der Waals surface area contributed by atoms with Gasteiger partial charge in [0.1, 0.15) is 5.75 Å². The van der Waals surface area contributed by atoms with Gasteiger partial charge < -0.3 is 14.8 Å². The van der Waals surface area contributed by atoms with Crippen molar-refractivity contribution < 1.29 is 32.2 Å². The number of benzene rings is 2. The molecule has 1 amide bonds. The first-order valence-electron chi connectivity index (χ1n) is 7.55. The van der Waals surface area contributed by atoms with Crippen molar-refractivity contribution in [3.63, 3.8) is 0 Å². The molecule has 0 unspecified atom stereocenters. The number of nitrogens with one attached hydrogen (secondary N) is 1. The monoisotopic (exact) mass is 378 g/mol. The highest BCUT2D eigenvalue weighted by Crippen LogP contribution is 2.22. The fraction of sp³-hybridized carbons (Fsp3) is 0.167. The molecule has 9 heteroatoms. The second-order valence-electron chi connectivity index (χ2n) is 5.23. The normalized spacial score (nSPS) is 10.6. The molecule has 0 fully saturated rings. The highest BCUT2D eigenvalue weighted by Gasteiger charge is 2.31. The van der Waals surface area contributed by atoms with Crippen molar-refractivity contribution in [1.82, 2.24) is 0 Å². The maximum Gasteiger partial charge on any atom is 0.573 e. The van der Waals surface area contributed by atoms with E-state index in [4.69, 9.17) is 10.00 Å². The zero-order valence-electron chi connectivity index (χ0n) is 13.7. The van der Waals surface area contributed by atoms with Gasteiger partial charge in [-0.3, -0.25) is 4.79 Å². The average Bonchev–Trinajstić information content (AvgIpc) is 2.61. The topological polar surface area (TPSA) is 88.4 Å². The first kappa shape index (κ1) is 19.8. The minimum Gasteiger partial charge on any atom is -0.452 e. The fourth-order valence-electron chi connectivity index (χ4n) is 2.00. The number of rotatable bonds is 6. The first-order chi connectivity index (χ1) is 12.8. The molecule has 0 aliphatic heterocycles. The maximum atomic E-state index is 12.1. The molecule has 0 aliphatic rings. The van der Waals surface area contributed by atoms with Crippen LogP contribution in [0.2, 0.25) is 0 Å². The standard InChI is InChI=1S/C18H13F3N2O4/c19-18(20,21)27-15-7-3-13(4-8-15)17(25)26-11-16(24)23-14-5-1-12(2-6-14)9-10-22/h1-8H,9,11H2,(H,23,24). The van der Waals surface area contributed by atoms with Crippen molar-refractivity contribution in [2.45, 2.75) is 12.8 Å². The predicted octanol–water partition coefficient (Wildman–Crippen LogP) is 3.45. The second-order valence-corrected chi connectivity index (χ2v) is 5.23. The van der Waals surface area contributed by atoms with Gasteiger partial charge in [0.05, 0.1) is 18.1 Å². The second kappa shape index (κ2) is 8.71. The van der Waals surface area contributed by atoms with Crippen molar-refractivity contribution in [3.05, 3.63) is 59.7 Å². The predicted molar refractivity (Wildman–Crippen MR) is 87.8 cm³/mol. The van der Waals surface area contributed by atoms with Crippen molar-refractivity contribution in [2.75, 3.05) is 11.9 Å². The molecule has 0 bridgehead atoms. The minimum absolute atomic E-state index is 0.0295. The van der Waals surface area contributed by atoms with Gasteiger partial charge in [0.25, 0.3) is 5.91 Å². The minimum atomic E-state index is -4.83. The molecular weight excluding hydrogens is 365 g/mol. The van der Waals surface area contributed by atoms with Gasteiger partial charge >= 0.3 is 12.3 Å². The quantitative estimate of drug-likeness (QED) is 0.778. The van der Waals surface area contributed by atoms with Crippen molar-refractivity contribution in [3.8, 4) is 11.8 Å². The highest BCUT2D eigenvalue weighted by atomic mass is 19.4. The summed E-state index contributed by atoms with van der Waals surface area (Å²) >= 11 is 0. The molecule has 0 heterocycles. The summed E-state index contributed by atoms with van der Waals surface area (Å²) in [6.45, 7) is -0.570. The van der Waals surface area contributed by atoms with E-state index in [1.807, 2.05) is 6.07 Å². The van der Waals surface area contributed by atoms with Crippen LogP contribution >= 0.6 is 0 Å². The summed E-state index contributed by atoms with van der Waals surface area (Å²) in [5.41, 5.74) is 1.23. The molecule has 0 saturated heterocycles. The van der Waals surface area contributed by atoms with Crippen LogP contribution < -0.4 is 10.1 Å². The van der Waals surface area contributed by atoms with E-state index in [1.54, 1.807) is 24.3 Å². The lowest BCUT2D eigenvalue weighted by Gasteiger charge is -2.09. The highest BCUT2D eigenvalue weighted by molar-refractivity contribution is 5.95. The summed E-state index contributed by atoms with van der Waals surface area (Å²) in [5.74, 6) is -1.93. The van der Waals surface area contributed by atoms with Crippen LogP contribution in [-0.2, 0) is 16.0 Å². The number of esters is 1. The Hall–Kier alpha value is -3.54. The Kier molecular flexibility index (Phi) is 6.38. The molecular formula is C18H13F3N2O4. The summed E-state index contributed by atoms with van der Waals surface area (Å²) in [4.78, 5) is 23.6.